The van der Waals surface area contributed by atoms with Crippen molar-refractivity contribution in [2.75, 3.05) is 13.1 Å². The van der Waals surface area contributed by atoms with E-state index in [0.717, 1.165) is 48.9 Å². The summed E-state index contributed by atoms with van der Waals surface area (Å²) >= 11 is 0. The lowest BCUT2D eigenvalue weighted by molar-refractivity contribution is -0.136. The molecular weight excluding hydrogens is 456 g/mol. The molecule has 6 rings (SSSR count). The fourth-order valence-electron chi connectivity index (χ4n) is 5.35. The molecule has 1 aromatic carbocycles. The highest BCUT2D eigenvalue weighted by Crippen LogP contribution is 2.31. The highest BCUT2D eigenvalue weighted by atomic mass is 16.5. The third-order valence-corrected chi connectivity index (χ3v) is 7.52. The Bertz CT molecular complexity index is 1140. The van der Waals surface area contributed by atoms with Gasteiger partial charge in [-0.2, -0.15) is 0 Å². The Morgan fingerprint density at radius 1 is 1.00 bits per heavy atom. The predicted molar refractivity (Wildman–Crippen MR) is 135 cm³/mol. The number of carbonyl (C=O) groups excluding carboxylic acids is 3. The molecule has 3 aliphatic heterocycles. The minimum absolute atomic E-state index is 0.145. The molecule has 0 spiro atoms. The van der Waals surface area contributed by atoms with Gasteiger partial charge >= 0.3 is 0 Å². The summed E-state index contributed by atoms with van der Waals surface area (Å²) in [4.78, 5) is 41.8. The highest BCUT2D eigenvalue weighted by Gasteiger charge is 2.39. The normalized spacial score (nSPS) is 22.3. The van der Waals surface area contributed by atoms with E-state index in [-0.39, 0.29) is 30.2 Å². The van der Waals surface area contributed by atoms with Gasteiger partial charge in [0, 0.05) is 49.4 Å². The molecule has 1 aromatic heterocycles. The zero-order valence-electron chi connectivity index (χ0n) is 20.8. The maximum atomic E-state index is 12.6. The lowest BCUT2D eigenvalue weighted by Gasteiger charge is -2.29. The van der Waals surface area contributed by atoms with Crippen LogP contribution in [0.2, 0.25) is 0 Å². The second kappa shape index (κ2) is 10.8. The van der Waals surface area contributed by atoms with Crippen molar-refractivity contribution in [3.05, 3.63) is 58.9 Å². The first kappa shape index (κ1) is 24.4. The number of benzene rings is 1. The lowest BCUT2D eigenvalue weighted by atomic mass is 9.94. The summed E-state index contributed by atoms with van der Waals surface area (Å²) in [6.07, 6.45) is 8.66. The van der Waals surface area contributed by atoms with Crippen LogP contribution in [0.3, 0.4) is 0 Å². The van der Waals surface area contributed by atoms with E-state index in [0.29, 0.717) is 18.5 Å². The van der Waals surface area contributed by atoms with Crippen LogP contribution in [-0.4, -0.2) is 52.8 Å². The first-order chi connectivity index (χ1) is 17.5. The van der Waals surface area contributed by atoms with Crippen molar-refractivity contribution in [3.8, 4) is 5.75 Å². The van der Waals surface area contributed by atoms with Gasteiger partial charge in [-0.05, 0) is 80.5 Å². The molecule has 1 atom stereocenters. The second-order valence-corrected chi connectivity index (χ2v) is 10.2. The average Bonchev–Trinajstić information content (AvgIpc) is 3.15. The van der Waals surface area contributed by atoms with Crippen molar-refractivity contribution in [1.82, 2.24) is 20.5 Å². The van der Waals surface area contributed by atoms with E-state index < -0.39 is 6.04 Å². The lowest BCUT2D eigenvalue weighted by Crippen LogP contribution is -2.52. The molecule has 190 valence electrons. The highest BCUT2D eigenvalue weighted by molar-refractivity contribution is 6.05. The van der Waals surface area contributed by atoms with Crippen LogP contribution in [0.5, 0.6) is 5.75 Å². The number of imide groups is 1. The molecule has 3 fully saturated rings. The molecule has 0 bridgehead atoms. The number of hydrogen-bond acceptors (Lipinski definition) is 6. The van der Waals surface area contributed by atoms with Gasteiger partial charge in [-0.15, -0.1) is 0 Å². The van der Waals surface area contributed by atoms with E-state index in [1.165, 1.54) is 24.8 Å². The van der Waals surface area contributed by atoms with Crippen LogP contribution >= 0.6 is 0 Å². The monoisotopic (exact) mass is 490 g/mol. The maximum Gasteiger partial charge on any atom is 0.255 e. The van der Waals surface area contributed by atoms with E-state index in [1.54, 1.807) is 11.0 Å². The summed E-state index contributed by atoms with van der Waals surface area (Å²) in [5.74, 6) is 0.735. The number of aryl methyl sites for hydroxylation is 1. The van der Waals surface area contributed by atoms with E-state index in [9.17, 15) is 14.4 Å². The van der Waals surface area contributed by atoms with Gasteiger partial charge in [-0.1, -0.05) is 6.42 Å². The quantitative estimate of drug-likeness (QED) is 0.639. The molecular formula is C28H34N4O4. The number of aromatic nitrogens is 1. The largest absolute Gasteiger partial charge is 0.490 e. The van der Waals surface area contributed by atoms with Crippen molar-refractivity contribution in [1.29, 1.82) is 0 Å². The van der Waals surface area contributed by atoms with Gasteiger partial charge in [0.25, 0.3) is 5.91 Å². The summed E-state index contributed by atoms with van der Waals surface area (Å²) in [7, 11) is 0. The predicted octanol–water partition coefficient (Wildman–Crippen LogP) is 3.24. The summed E-state index contributed by atoms with van der Waals surface area (Å²) < 4.78 is 6.08. The number of amides is 3. The molecule has 2 N–H and O–H groups in total. The van der Waals surface area contributed by atoms with Crippen LogP contribution in [0, 0.1) is 6.92 Å². The number of pyridine rings is 1. The molecule has 1 aliphatic carbocycles. The Morgan fingerprint density at radius 2 is 1.81 bits per heavy atom. The molecule has 4 heterocycles. The number of carbonyl (C=O) groups is 3. The van der Waals surface area contributed by atoms with E-state index in [1.807, 2.05) is 25.3 Å². The third-order valence-electron chi connectivity index (χ3n) is 7.52. The smallest absolute Gasteiger partial charge is 0.255 e. The van der Waals surface area contributed by atoms with Gasteiger partial charge in [0.1, 0.15) is 11.8 Å². The molecule has 8 nitrogen and oxygen atoms in total. The minimum atomic E-state index is -0.569. The zero-order valence-corrected chi connectivity index (χ0v) is 20.8. The fraction of sp³-hybridized carbons (Fsp3) is 0.500. The standard InChI is InChI=1S/C19H22N2O4.C9H12N2/c22-17-9-8-16(18(23)20-17)21-11-12-10-14(6-7-15(12)19(21)24)25-13-4-2-1-3-5-13;1-7-4-8(2-3-11-7)9-5-10-6-9/h6-7,10,13,16H,1-5,8-9,11H2,(H,20,22,23);2-4,9-10H,5-6H2,1H3. The van der Waals surface area contributed by atoms with Gasteiger partial charge in [0.2, 0.25) is 11.8 Å². The zero-order chi connectivity index (χ0) is 25.1. The van der Waals surface area contributed by atoms with Gasteiger partial charge in [-0.25, -0.2) is 0 Å². The molecule has 36 heavy (non-hydrogen) atoms. The number of nitrogens with one attached hydrogen (secondary N) is 2. The van der Waals surface area contributed by atoms with Crippen molar-refractivity contribution in [2.24, 2.45) is 0 Å². The Hall–Kier alpha value is -3.26. The number of rotatable bonds is 4. The van der Waals surface area contributed by atoms with Crippen LogP contribution in [0.25, 0.3) is 0 Å². The SMILES string of the molecule is Cc1cc(C2CNC2)ccn1.O=C1CCC(N2Cc3cc(OC4CCCCC4)ccc3C2=O)C(=O)N1. The Morgan fingerprint density at radius 3 is 2.50 bits per heavy atom. The number of nitrogens with zero attached hydrogens (tertiary/aromatic N) is 2. The minimum Gasteiger partial charge on any atom is -0.490 e. The van der Waals surface area contributed by atoms with Gasteiger partial charge in [0.15, 0.2) is 0 Å². The number of ether oxygens (including phenoxy) is 1. The van der Waals surface area contributed by atoms with E-state index >= 15 is 0 Å². The molecule has 3 amide bonds. The van der Waals surface area contributed by atoms with Gasteiger partial charge in [-0.3, -0.25) is 24.7 Å². The Balaban J connectivity index is 0.000000202. The molecule has 2 aromatic rings. The van der Waals surface area contributed by atoms with E-state index in [2.05, 4.69) is 27.8 Å². The summed E-state index contributed by atoms with van der Waals surface area (Å²) in [6.45, 7) is 4.69. The number of piperidine rings is 1. The Kier molecular flexibility index (Phi) is 7.32. The van der Waals surface area contributed by atoms with Gasteiger partial charge in [0.05, 0.1) is 6.10 Å². The summed E-state index contributed by atoms with van der Waals surface area (Å²) in [5, 5.41) is 5.58. The van der Waals surface area contributed by atoms with Crippen LogP contribution in [0.4, 0.5) is 0 Å². The number of fused-ring (bicyclic) bond motifs is 1. The first-order valence-electron chi connectivity index (χ1n) is 13.1. The molecule has 8 heteroatoms. The van der Waals surface area contributed by atoms with Crippen LogP contribution in [-0.2, 0) is 16.1 Å². The van der Waals surface area contributed by atoms with Crippen molar-refractivity contribution < 1.29 is 19.1 Å². The van der Waals surface area contributed by atoms with Crippen molar-refractivity contribution in [2.45, 2.75) is 76.5 Å². The van der Waals surface area contributed by atoms with Crippen molar-refractivity contribution in [3.63, 3.8) is 0 Å². The first-order valence-corrected chi connectivity index (χ1v) is 13.1. The maximum absolute atomic E-state index is 12.6. The summed E-state index contributed by atoms with van der Waals surface area (Å²) in [5.41, 5.74) is 4.06. The fourth-order valence-corrected chi connectivity index (χ4v) is 5.35. The molecule has 0 radical (unpaired) electrons. The molecule has 1 saturated carbocycles. The van der Waals surface area contributed by atoms with Crippen LogP contribution < -0.4 is 15.4 Å². The van der Waals surface area contributed by atoms with Crippen LogP contribution in [0.1, 0.15) is 78.0 Å². The van der Waals surface area contributed by atoms with Crippen LogP contribution in [0.15, 0.2) is 36.5 Å². The average molecular weight is 491 g/mol. The van der Waals surface area contributed by atoms with E-state index in [4.69, 9.17) is 4.74 Å². The molecule has 4 aliphatic rings. The van der Waals surface area contributed by atoms with Gasteiger partial charge < -0.3 is 15.0 Å². The number of hydrogen-bond donors (Lipinski definition) is 2. The second-order valence-electron chi connectivity index (χ2n) is 10.2. The topological polar surface area (TPSA) is 101 Å². The molecule has 2 saturated heterocycles. The summed E-state index contributed by atoms with van der Waals surface area (Å²) in [6, 6.07) is 9.28. The Labute approximate surface area is 211 Å². The third kappa shape index (κ3) is 5.43. The molecule has 1 unspecified atom stereocenters. The van der Waals surface area contributed by atoms with Crippen molar-refractivity contribution >= 4 is 17.7 Å².